The largest absolute Gasteiger partial charge is 0.473 e. The van der Waals surface area contributed by atoms with Crippen LogP contribution in [0.25, 0.3) is 11.0 Å². The number of amides is 1. The summed E-state index contributed by atoms with van der Waals surface area (Å²) in [6, 6.07) is 16.2. The standard InChI is InChI=1S/C36H39ClFN7O3S/c1-47-16-15-45-31-10-6-23(35(46)40-26-8-9-29-32(19-26)49-36(39)43-29)17-30(31)41-33(45)20-44-13-11-22(12-14-44)28-3-2-4-34(42-28)48-21-24-5-7-25(37)18-27(24)38/h2-7,10,17-18,22,26H,8-9,11-16,19-21H2,1H3,(H2,39,43)(H,40,46)/t26-/m1/s1. The minimum absolute atomic E-state index is 0.0532. The molecule has 0 unspecified atom stereocenters. The summed E-state index contributed by atoms with van der Waals surface area (Å²) in [5, 5.41) is 4.16. The van der Waals surface area contributed by atoms with Crippen LogP contribution in [0.15, 0.2) is 54.6 Å². The normalized spacial score (nSPS) is 16.9. The van der Waals surface area contributed by atoms with Gasteiger partial charge in [-0.2, -0.15) is 0 Å². The second kappa shape index (κ2) is 14.8. The van der Waals surface area contributed by atoms with E-state index in [0.717, 1.165) is 78.3 Å². The maximum atomic E-state index is 14.2. The van der Waals surface area contributed by atoms with Gasteiger partial charge < -0.3 is 25.1 Å². The van der Waals surface area contributed by atoms with Crippen LogP contribution < -0.4 is 15.8 Å². The third-order valence-corrected chi connectivity index (χ3v) is 10.6. The lowest BCUT2D eigenvalue weighted by Crippen LogP contribution is -2.38. The Morgan fingerprint density at radius 3 is 2.78 bits per heavy atom. The Morgan fingerprint density at radius 1 is 1.10 bits per heavy atom. The number of piperidine rings is 1. The molecule has 2 aliphatic rings. The molecule has 1 amide bonds. The van der Waals surface area contributed by atoms with Crippen molar-refractivity contribution in [1.29, 1.82) is 0 Å². The molecule has 4 heterocycles. The molecule has 2 aromatic carbocycles. The highest BCUT2D eigenvalue weighted by Gasteiger charge is 2.26. The lowest BCUT2D eigenvalue weighted by atomic mass is 9.93. The van der Waals surface area contributed by atoms with E-state index in [4.69, 9.17) is 36.8 Å². The summed E-state index contributed by atoms with van der Waals surface area (Å²) in [5.41, 5.74) is 10.8. The van der Waals surface area contributed by atoms with E-state index >= 15 is 0 Å². The summed E-state index contributed by atoms with van der Waals surface area (Å²) >= 11 is 7.39. The molecule has 5 aromatic rings. The number of pyridine rings is 1. The maximum absolute atomic E-state index is 14.2. The molecule has 1 aliphatic carbocycles. The SMILES string of the molecule is COCCn1c(CN2CCC(c3cccc(OCc4ccc(Cl)cc4F)n3)CC2)nc2cc(C(=O)N[C@@H]3CCc4nc(N)sc4C3)ccc21. The quantitative estimate of drug-likeness (QED) is 0.168. The Morgan fingerprint density at radius 2 is 1.96 bits per heavy atom. The van der Waals surface area contributed by atoms with E-state index in [1.54, 1.807) is 25.3 Å². The number of aromatic nitrogens is 4. The Hall–Kier alpha value is -4.10. The third-order valence-electron chi connectivity index (χ3n) is 9.41. The summed E-state index contributed by atoms with van der Waals surface area (Å²) in [5.74, 6) is 1.24. The fourth-order valence-corrected chi connectivity index (χ4v) is 7.89. The molecule has 1 aliphatic heterocycles. The Balaban J connectivity index is 0.985. The molecule has 3 aromatic heterocycles. The van der Waals surface area contributed by atoms with Crippen LogP contribution in [0, 0.1) is 5.82 Å². The zero-order valence-electron chi connectivity index (χ0n) is 27.3. The topological polar surface area (TPSA) is 120 Å². The van der Waals surface area contributed by atoms with Crippen LogP contribution in [0.3, 0.4) is 0 Å². The van der Waals surface area contributed by atoms with Crippen molar-refractivity contribution in [3.05, 3.63) is 98.7 Å². The molecule has 13 heteroatoms. The molecule has 1 saturated heterocycles. The predicted octanol–water partition coefficient (Wildman–Crippen LogP) is 6.15. The van der Waals surface area contributed by atoms with Gasteiger partial charge >= 0.3 is 0 Å². The number of fused-ring (bicyclic) bond motifs is 2. The van der Waals surface area contributed by atoms with Crippen molar-refractivity contribution in [3.63, 3.8) is 0 Å². The van der Waals surface area contributed by atoms with Gasteiger partial charge in [-0.15, -0.1) is 11.3 Å². The fraction of sp³-hybridized carbons (Fsp3) is 0.389. The second-order valence-corrected chi connectivity index (χ2v) is 14.2. The Labute approximate surface area is 293 Å². The van der Waals surface area contributed by atoms with Gasteiger partial charge in [0.15, 0.2) is 5.13 Å². The first-order chi connectivity index (χ1) is 23.8. The molecular weight excluding hydrogens is 665 g/mol. The van der Waals surface area contributed by atoms with Crippen LogP contribution in [-0.4, -0.2) is 63.2 Å². The molecule has 3 N–H and O–H groups in total. The third kappa shape index (κ3) is 7.72. The van der Waals surface area contributed by atoms with Crippen LogP contribution in [0.5, 0.6) is 5.88 Å². The number of nitrogen functional groups attached to an aromatic ring is 1. The van der Waals surface area contributed by atoms with E-state index in [1.807, 2.05) is 30.3 Å². The number of anilines is 1. The number of likely N-dealkylation sites (tertiary alicyclic amines) is 1. The first-order valence-corrected chi connectivity index (χ1v) is 17.8. The van der Waals surface area contributed by atoms with E-state index in [2.05, 4.69) is 19.8 Å². The first kappa shape index (κ1) is 33.4. The Bertz CT molecular complexity index is 1960. The number of halogens is 2. The number of rotatable bonds is 11. The number of aryl methyl sites for hydroxylation is 1. The van der Waals surface area contributed by atoms with Crippen molar-refractivity contribution in [1.82, 2.24) is 29.7 Å². The fourth-order valence-electron chi connectivity index (χ4n) is 6.78. The summed E-state index contributed by atoms with van der Waals surface area (Å²) in [7, 11) is 1.70. The summed E-state index contributed by atoms with van der Waals surface area (Å²) in [6.45, 7) is 3.79. The van der Waals surface area contributed by atoms with Gasteiger partial charge in [-0.3, -0.25) is 9.69 Å². The number of benzene rings is 2. The van der Waals surface area contributed by atoms with Gasteiger partial charge in [-0.25, -0.2) is 19.3 Å². The molecule has 0 radical (unpaired) electrons. The lowest BCUT2D eigenvalue weighted by molar-refractivity contribution is 0.0934. The smallest absolute Gasteiger partial charge is 0.251 e. The molecule has 0 spiro atoms. The molecule has 1 fully saturated rings. The van der Waals surface area contributed by atoms with Crippen molar-refractivity contribution in [2.75, 3.05) is 32.5 Å². The van der Waals surface area contributed by atoms with E-state index < -0.39 is 5.82 Å². The van der Waals surface area contributed by atoms with E-state index in [1.165, 1.54) is 17.4 Å². The van der Waals surface area contributed by atoms with Gasteiger partial charge in [0.05, 0.1) is 29.9 Å². The van der Waals surface area contributed by atoms with Gasteiger partial charge in [0.1, 0.15) is 18.2 Å². The first-order valence-electron chi connectivity index (χ1n) is 16.6. The number of carbonyl (C=O) groups excluding carboxylic acids is 1. The number of hydrogen-bond acceptors (Lipinski definition) is 9. The minimum atomic E-state index is -0.394. The molecular formula is C36H39ClFN7O3S. The van der Waals surface area contributed by atoms with Gasteiger partial charge in [0.25, 0.3) is 5.91 Å². The zero-order valence-corrected chi connectivity index (χ0v) is 28.9. The van der Waals surface area contributed by atoms with Crippen LogP contribution in [-0.2, 0) is 37.3 Å². The predicted molar refractivity (Wildman–Crippen MR) is 189 cm³/mol. The number of nitrogens with one attached hydrogen (secondary N) is 1. The minimum Gasteiger partial charge on any atom is -0.473 e. The van der Waals surface area contributed by atoms with Crippen molar-refractivity contribution in [3.8, 4) is 5.88 Å². The zero-order chi connectivity index (χ0) is 33.9. The Kier molecular flexibility index (Phi) is 10.1. The van der Waals surface area contributed by atoms with Gasteiger partial charge in [0, 0.05) is 64.8 Å². The molecule has 7 rings (SSSR count). The average Bonchev–Trinajstić information content (AvgIpc) is 3.65. The van der Waals surface area contributed by atoms with Crippen molar-refractivity contribution >= 4 is 45.0 Å². The van der Waals surface area contributed by atoms with Crippen molar-refractivity contribution in [2.45, 2.75) is 63.8 Å². The lowest BCUT2D eigenvalue weighted by Gasteiger charge is -2.31. The maximum Gasteiger partial charge on any atom is 0.251 e. The summed E-state index contributed by atoms with van der Waals surface area (Å²) in [4.78, 5) is 31.1. The number of carbonyl (C=O) groups is 1. The number of hydrogen-bond donors (Lipinski definition) is 2. The van der Waals surface area contributed by atoms with Gasteiger partial charge in [-0.1, -0.05) is 23.7 Å². The number of nitrogens with zero attached hydrogens (tertiary/aromatic N) is 5. The van der Waals surface area contributed by atoms with Gasteiger partial charge in [0.2, 0.25) is 5.88 Å². The highest BCUT2D eigenvalue weighted by Crippen LogP contribution is 2.31. The molecule has 256 valence electrons. The van der Waals surface area contributed by atoms with Crippen LogP contribution in [0.2, 0.25) is 5.02 Å². The van der Waals surface area contributed by atoms with Crippen molar-refractivity contribution < 1.29 is 18.7 Å². The second-order valence-electron chi connectivity index (χ2n) is 12.7. The van der Waals surface area contributed by atoms with Crippen LogP contribution >= 0.6 is 22.9 Å². The monoisotopic (exact) mass is 703 g/mol. The molecule has 49 heavy (non-hydrogen) atoms. The molecule has 0 saturated carbocycles. The highest BCUT2D eigenvalue weighted by atomic mass is 35.5. The number of ether oxygens (including phenoxy) is 2. The van der Waals surface area contributed by atoms with Crippen LogP contribution in [0.1, 0.15) is 63.2 Å². The van der Waals surface area contributed by atoms with Gasteiger partial charge in [-0.05, 0) is 75.2 Å². The van der Waals surface area contributed by atoms with E-state index in [9.17, 15) is 9.18 Å². The number of thiazole rings is 1. The van der Waals surface area contributed by atoms with E-state index in [-0.39, 0.29) is 18.6 Å². The number of imidazole rings is 1. The summed E-state index contributed by atoms with van der Waals surface area (Å²) < 4.78 is 27.7. The number of methoxy groups -OCH3 is 1. The number of nitrogens with two attached hydrogens (primary N) is 1. The molecule has 1 atom stereocenters. The van der Waals surface area contributed by atoms with Crippen LogP contribution in [0.4, 0.5) is 9.52 Å². The molecule has 0 bridgehead atoms. The van der Waals surface area contributed by atoms with E-state index in [0.29, 0.717) is 52.8 Å². The molecule has 10 nitrogen and oxygen atoms in total. The average molecular weight is 704 g/mol. The highest BCUT2D eigenvalue weighted by molar-refractivity contribution is 7.15. The van der Waals surface area contributed by atoms with Crippen molar-refractivity contribution in [2.24, 2.45) is 0 Å². The summed E-state index contributed by atoms with van der Waals surface area (Å²) in [6.07, 6.45) is 4.31.